The Hall–Kier alpha value is -1.43. The molecule has 2 N–H and O–H groups in total. The Morgan fingerprint density at radius 2 is 1.95 bits per heavy atom. The van der Waals surface area contributed by atoms with E-state index in [-0.39, 0.29) is 30.3 Å². The van der Waals surface area contributed by atoms with Gasteiger partial charge in [-0.25, -0.2) is 0 Å². The van der Waals surface area contributed by atoms with E-state index in [1.54, 1.807) is 4.90 Å². The number of hydrogen-bond donors (Lipinski definition) is 1. The van der Waals surface area contributed by atoms with Crippen molar-refractivity contribution in [3.63, 3.8) is 0 Å². The molecule has 112 valence electrons. The second-order valence-electron chi connectivity index (χ2n) is 5.75. The highest BCUT2D eigenvalue weighted by Crippen LogP contribution is 2.18. The Balaban J connectivity index is 1.90. The van der Waals surface area contributed by atoms with Crippen LogP contribution in [0, 0.1) is 5.92 Å². The maximum atomic E-state index is 12.3. The van der Waals surface area contributed by atoms with Crippen molar-refractivity contribution in [3.8, 4) is 0 Å². The molecule has 2 fully saturated rings. The maximum absolute atomic E-state index is 12.3. The highest BCUT2D eigenvalue weighted by Gasteiger charge is 2.30. The molecule has 0 aliphatic carbocycles. The van der Waals surface area contributed by atoms with Gasteiger partial charge in [-0.15, -0.1) is 0 Å². The summed E-state index contributed by atoms with van der Waals surface area (Å²) in [7, 11) is 0. The molecule has 2 atom stereocenters. The van der Waals surface area contributed by atoms with E-state index in [4.69, 9.17) is 5.73 Å². The van der Waals surface area contributed by atoms with Crippen LogP contribution in [0.5, 0.6) is 0 Å². The summed E-state index contributed by atoms with van der Waals surface area (Å²) >= 11 is 0. The van der Waals surface area contributed by atoms with Gasteiger partial charge in [0.25, 0.3) is 0 Å². The Morgan fingerprint density at radius 1 is 1.15 bits per heavy atom. The second-order valence-corrected chi connectivity index (χ2v) is 5.75. The number of likely N-dealkylation sites (tertiary alicyclic amines) is 2. The van der Waals surface area contributed by atoms with Crippen molar-refractivity contribution in [1.82, 2.24) is 9.80 Å². The SMILES string of the molecule is NC(=O)C1CCCN(C(=O)CN2CCCCC2C=O)C1. The molecule has 2 amide bonds. The van der Waals surface area contributed by atoms with Gasteiger partial charge in [-0.1, -0.05) is 6.42 Å². The zero-order valence-electron chi connectivity index (χ0n) is 11.8. The number of carbonyl (C=O) groups excluding carboxylic acids is 3. The number of hydrogen-bond acceptors (Lipinski definition) is 4. The normalized spacial score (nSPS) is 28.1. The van der Waals surface area contributed by atoms with Crippen molar-refractivity contribution in [2.45, 2.75) is 38.1 Å². The third kappa shape index (κ3) is 3.56. The minimum atomic E-state index is -0.328. The number of piperidine rings is 2. The molecule has 0 saturated carbocycles. The Labute approximate surface area is 119 Å². The van der Waals surface area contributed by atoms with E-state index < -0.39 is 0 Å². The van der Waals surface area contributed by atoms with E-state index in [0.717, 1.165) is 44.9 Å². The lowest BCUT2D eigenvalue weighted by molar-refractivity contribution is -0.137. The smallest absolute Gasteiger partial charge is 0.236 e. The van der Waals surface area contributed by atoms with Crippen LogP contribution in [-0.4, -0.2) is 60.1 Å². The molecule has 2 rings (SSSR count). The Kier molecular flexibility index (Phi) is 5.11. The lowest BCUT2D eigenvalue weighted by Crippen LogP contribution is -2.50. The average molecular weight is 281 g/mol. The molecule has 2 saturated heterocycles. The second kappa shape index (κ2) is 6.83. The largest absolute Gasteiger partial charge is 0.369 e. The molecule has 0 aromatic heterocycles. The van der Waals surface area contributed by atoms with Crippen LogP contribution in [0.4, 0.5) is 0 Å². The molecule has 0 aromatic carbocycles. The van der Waals surface area contributed by atoms with Gasteiger partial charge in [-0.05, 0) is 32.2 Å². The van der Waals surface area contributed by atoms with E-state index in [1.807, 2.05) is 4.90 Å². The van der Waals surface area contributed by atoms with E-state index in [1.165, 1.54) is 0 Å². The summed E-state index contributed by atoms with van der Waals surface area (Å²) in [5, 5.41) is 0. The quantitative estimate of drug-likeness (QED) is 0.721. The standard InChI is InChI=1S/C14H23N3O3/c15-14(20)11-4-3-7-17(8-11)13(19)9-16-6-2-1-5-12(16)10-18/h10-12H,1-9H2,(H2,15,20). The zero-order valence-corrected chi connectivity index (χ0v) is 11.8. The lowest BCUT2D eigenvalue weighted by Gasteiger charge is -2.36. The summed E-state index contributed by atoms with van der Waals surface area (Å²) in [6, 6.07) is -0.135. The van der Waals surface area contributed by atoms with Gasteiger partial charge in [0.15, 0.2) is 0 Å². The Morgan fingerprint density at radius 3 is 2.65 bits per heavy atom. The van der Waals surface area contributed by atoms with Gasteiger partial charge in [-0.3, -0.25) is 14.5 Å². The number of rotatable bonds is 4. The van der Waals surface area contributed by atoms with Crippen LogP contribution in [0.3, 0.4) is 0 Å². The number of nitrogens with two attached hydrogens (primary N) is 1. The fourth-order valence-electron chi connectivity index (χ4n) is 3.08. The van der Waals surface area contributed by atoms with Crippen molar-refractivity contribution in [1.29, 1.82) is 0 Å². The highest BCUT2D eigenvalue weighted by molar-refractivity contribution is 5.81. The number of carbonyl (C=O) groups is 3. The molecular formula is C14H23N3O3. The number of amides is 2. The van der Waals surface area contributed by atoms with Gasteiger partial charge in [0.2, 0.25) is 11.8 Å². The first kappa shape index (κ1) is 15.0. The van der Waals surface area contributed by atoms with Crippen molar-refractivity contribution < 1.29 is 14.4 Å². The fraction of sp³-hybridized carbons (Fsp3) is 0.786. The topological polar surface area (TPSA) is 83.7 Å². The predicted molar refractivity (Wildman–Crippen MR) is 73.8 cm³/mol. The zero-order chi connectivity index (χ0) is 14.5. The summed E-state index contributed by atoms with van der Waals surface area (Å²) in [5.74, 6) is -0.549. The van der Waals surface area contributed by atoms with Gasteiger partial charge in [0, 0.05) is 13.1 Å². The molecular weight excluding hydrogens is 258 g/mol. The number of nitrogens with zero attached hydrogens (tertiary/aromatic N) is 2. The van der Waals surface area contributed by atoms with Crippen LogP contribution in [-0.2, 0) is 14.4 Å². The third-order valence-corrected chi connectivity index (χ3v) is 4.34. The summed E-state index contributed by atoms with van der Waals surface area (Å²) in [5.41, 5.74) is 5.32. The number of primary amides is 1. The third-order valence-electron chi connectivity index (χ3n) is 4.34. The maximum Gasteiger partial charge on any atom is 0.236 e. The molecule has 0 spiro atoms. The monoisotopic (exact) mass is 281 g/mol. The number of aldehydes is 1. The minimum Gasteiger partial charge on any atom is -0.369 e. The molecule has 20 heavy (non-hydrogen) atoms. The molecule has 6 heteroatoms. The first-order chi connectivity index (χ1) is 9.61. The first-order valence-electron chi connectivity index (χ1n) is 7.38. The van der Waals surface area contributed by atoms with Gasteiger partial charge < -0.3 is 15.4 Å². The summed E-state index contributed by atoms with van der Waals surface area (Å²) in [6.45, 7) is 2.17. The molecule has 6 nitrogen and oxygen atoms in total. The minimum absolute atomic E-state index is 0.00435. The first-order valence-corrected chi connectivity index (χ1v) is 7.38. The van der Waals surface area contributed by atoms with Gasteiger partial charge in [0.1, 0.15) is 6.29 Å². The van der Waals surface area contributed by atoms with E-state index in [0.29, 0.717) is 13.1 Å². The van der Waals surface area contributed by atoms with Gasteiger partial charge in [-0.2, -0.15) is 0 Å². The van der Waals surface area contributed by atoms with Crippen LogP contribution in [0.25, 0.3) is 0 Å². The summed E-state index contributed by atoms with van der Waals surface area (Å²) in [6.07, 6.45) is 5.43. The fourth-order valence-corrected chi connectivity index (χ4v) is 3.08. The van der Waals surface area contributed by atoms with Crippen molar-refractivity contribution >= 4 is 18.1 Å². The van der Waals surface area contributed by atoms with Crippen LogP contribution in [0.2, 0.25) is 0 Å². The molecule has 2 aliphatic rings. The van der Waals surface area contributed by atoms with E-state index in [9.17, 15) is 14.4 Å². The van der Waals surface area contributed by atoms with Crippen LogP contribution >= 0.6 is 0 Å². The predicted octanol–water partition coefficient (Wildman–Crippen LogP) is -0.236. The molecule has 0 aromatic rings. The van der Waals surface area contributed by atoms with Crippen molar-refractivity contribution in [3.05, 3.63) is 0 Å². The molecule has 0 radical (unpaired) electrons. The summed E-state index contributed by atoms with van der Waals surface area (Å²) < 4.78 is 0. The Bertz CT molecular complexity index is 386. The van der Waals surface area contributed by atoms with E-state index in [2.05, 4.69) is 0 Å². The average Bonchev–Trinajstić information content (AvgIpc) is 2.48. The van der Waals surface area contributed by atoms with Crippen molar-refractivity contribution in [2.75, 3.05) is 26.2 Å². The lowest BCUT2D eigenvalue weighted by atomic mass is 9.97. The highest BCUT2D eigenvalue weighted by atomic mass is 16.2. The molecule has 2 aliphatic heterocycles. The van der Waals surface area contributed by atoms with Gasteiger partial charge >= 0.3 is 0 Å². The van der Waals surface area contributed by atoms with Crippen LogP contribution in [0.1, 0.15) is 32.1 Å². The van der Waals surface area contributed by atoms with Crippen LogP contribution in [0.15, 0.2) is 0 Å². The molecule has 0 bridgehead atoms. The molecule has 2 unspecified atom stereocenters. The van der Waals surface area contributed by atoms with E-state index >= 15 is 0 Å². The van der Waals surface area contributed by atoms with Crippen LogP contribution < -0.4 is 5.73 Å². The molecule has 2 heterocycles. The van der Waals surface area contributed by atoms with Crippen molar-refractivity contribution in [2.24, 2.45) is 11.7 Å². The van der Waals surface area contributed by atoms with Gasteiger partial charge in [0.05, 0.1) is 18.5 Å². The summed E-state index contributed by atoms with van der Waals surface area (Å²) in [4.78, 5) is 38.3.